The fraction of sp³-hybridized carbons (Fsp3) is 0.0526. The minimum atomic E-state index is -0.456. The SMILES string of the molecule is O=C(NC(=S)Nc1ccc(-c2ccc(CO)o2)c(Cl)c1)c1ccc(F)cc1. The smallest absolute Gasteiger partial charge is 0.257 e. The first-order chi connectivity index (χ1) is 13.0. The average molecular weight is 405 g/mol. The maximum atomic E-state index is 12.9. The van der Waals surface area contributed by atoms with Gasteiger partial charge in [0, 0.05) is 16.8 Å². The van der Waals surface area contributed by atoms with Gasteiger partial charge in [-0.15, -0.1) is 0 Å². The molecule has 0 aliphatic carbocycles. The lowest BCUT2D eigenvalue weighted by Gasteiger charge is -2.11. The number of carbonyl (C=O) groups excluding carboxylic acids is 1. The van der Waals surface area contributed by atoms with Gasteiger partial charge in [-0.25, -0.2) is 4.39 Å². The van der Waals surface area contributed by atoms with Crippen molar-refractivity contribution in [2.24, 2.45) is 0 Å². The van der Waals surface area contributed by atoms with Crippen LogP contribution >= 0.6 is 23.8 Å². The van der Waals surface area contributed by atoms with Gasteiger partial charge in [0.1, 0.15) is 23.9 Å². The van der Waals surface area contributed by atoms with Gasteiger partial charge in [-0.05, 0) is 66.8 Å². The van der Waals surface area contributed by atoms with Crippen LogP contribution in [0.1, 0.15) is 16.1 Å². The maximum Gasteiger partial charge on any atom is 0.257 e. The van der Waals surface area contributed by atoms with Crippen molar-refractivity contribution in [1.82, 2.24) is 5.32 Å². The van der Waals surface area contributed by atoms with Gasteiger partial charge in [-0.3, -0.25) is 10.1 Å². The lowest BCUT2D eigenvalue weighted by molar-refractivity contribution is 0.0977. The quantitative estimate of drug-likeness (QED) is 0.563. The van der Waals surface area contributed by atoms with E-state index in [0.29, 0.717) is 27.8 Å². The molecule has 0 atom stereocenters. The van der Waals surface area contributed by atoms with E-state index in [2.05, 4.69) is 10.6 Å². The maximum absolute atomic E-state index is 12.9. The van der Waals surface area contributed by atoms with Crippen LogP contribution in [-0.4, -0.2) is 16.1 Å². The fourth-order valence-electron chi connectivity index (χ4n) is 2.34. The highest BCUT2D eigenvalue weighted by Crippen LogP contribution is 2.31. The highest BCUT2D eigenvalue weighted by Gasteiger charge is 2.11. The summed E-state index contributed by atoms with van der Waals surface area (Å²) in [6, 6.07) is 13.6. The first-order valence-electron chi connectivity index (χ1n) is 7.83. The van der Waals surface area contributed by atoms with E-state index in [1.807, 2.05) is 0 Å². The van der Waals surface area contributed by atoms with Crippen LogP contribution in [0.25, 0.3) is 11.3 Å². The molecule has 0 spiro atoms. The Morgan fingerprint density at radius 3 is 2.52 bits per heavy atom. The average Bonchev–Trinajstić information content (AvgIpc) is 3.11. The summed E-state index contributed by atoms with van der Waals surface area (Å²) in [6.07, 6.45) is 0. The molecule has 5 nitrogen and oxygen atoms in total. The molecule has 2 aromatic carbocycles. The van der Waals surface area contributed by atoms with Crippen molar-refractivity contribution < 1.29 is 18.7 Å². The summed E-state index contributed by atoms with van der Waals surface area (Å²) in [5.74, 6) is 0.0859. The Morgan fingerprint density at radius 2 is 1.89 bits per heavy atom. The molecule has 0 aliphatic rings. The minimum absolute atomic E-state index is 0.0775. The molecular weight excluding hydrogens is 391 g/mol. The Labute approximate surface area is 164 Å². The van der Waals surface area contributed by atoms with E-state index in [1.165, 1.54) is 24.3 Å². The number of furan rings is 1. The largest absolute Gasteiger partial charge is 0.459 e. The molecule has 0 radical (unpaired) electrons. The van der Waals surface area contributed by atoms with Crippen LogP contribution in [0.4, 0.5) is 10.1 Å². The van der Waals surface area contributed by atoms with E-state index in [0.717, 1.165) is 0 Å². The number of hydrogen-bond donors (Lipinski definition) is 3. The molecule has 3 rings (SSSR count). The molecule has 3 N–H and O–H groups in total. The second-order valence-corrected chi connectivity index (χ2v) is 6.35. The van der Waals surface area contributed by atoms with Gasteiger partial charge in [-0.1, -0.05) is 11.6 Å². The molecular formula is C19H14ClFN2O3S. The van der Waals surface area contributed by atoms with Crippen molar-refractivity contribution in [3.05, 3.63) is 76.8 Å². The van der Waals surface area contributed by atoms with E-state index >= 15 is 0 Å². The first-order valence-corrected chi connectivity index (χ1v) is 8.62. The molecule has 27 heavy (non-hydrogen) atoms. The molecule has 1 heterocycles. The standard InChI is InChI=1S/C19H14ClFN2O3S/c20-16-9-13(5-7-15(16)17-8-6-14(10-24)26-17)22-19(27)23-18(25)11-1-3-12(21)4-2-11/h1-9,24H,10H2,(H2,22,23,25,27). The van der Waals surface area contributed by atoms with Gasteiger partial charge in [-0.2, -0.15) is 0 Å². The Bertz CT molecular complexity index is 989. The minimum Gasteiger partial charge on any atom is -0.459 e. The second-order valence-electron chi connectivity index (χ2n) is 5.53. The number of nitrogens with one attached hydrogen (secondary N) is 2. The number of hydrogen-bond acceptors (Lipinski definition) is 4. The summed E-state index contributed by atoms with van der Waals surface area (Å²) in [7, 11) is 0. The zero-order chi connectivity index (χ0) is 19.4. The molecule has 0 saturated heterocycles. The number of rotatable bonds is 4. The topological polar surface area (TPSA) is 74.5 Å². The van der Waals surface area contributed by atoms with Crippen molar-refractivity contribution in [2.45, 2.75) is 6.61 Å². The summed E-state index contributed by atoms with van der Waals surface area (Å²) >= 11 is 11.4. The highest BCUT2D eigenvalue weighted by molar-refractivity contribution is 7.80. The van der Waals surface area contributed by atoms with E-state index in [-0.39, 0.29) is 17.3 Å². The monoisotopic (exact) mass is 404 g/mol. The van der Waals surface area contributed by atoms with E-state index < -0.39 is 11.7 Å². The Balaban J connectivity index is 1.66. The number of halogens is 2. The van der Waals surface area contributed by atoms with Crippen LogP contribution in [0.3, 0.4) is 0 Å². The molecule has 138 valence electrons. The van der Waals surface area contributed by atoms with Crippen molar-refractivity contribution in [3.8, 4) is 11.3 Å². The molecule has 3 aromatic rings. The highest BCUT2D eigenvalue weighted by atomic mass is 35.5. The van der Waals surface area contributed by atoms with Crippen LogP contribution in [0.15, 0.2) is 59.0 Å². The summed E-state index contributed by atoms with van der Waals surface area (Å²) in [5.41, 5.74) is 1.51. The number of benzene rings is 2. The third-order valence-electron chi connectivity index (χ3n) is 3.64. The molecule has 1 aromatic heterocycles. The van der Waals surface area contributed by atoms with Gasteiger partial charge < -0.3 is 14.8 Å². The van der Waals surface area contributed by atoms with Crippen LogP contribution in [0.2, 0.25) is 5.02 Å². The molecule has 0 aliphatic heterocycles. The normalized spacial score (nSPS) is 10.5. The van der Waals surface area contributed by atoms with Gasteiger partial charge in [0.25, 0.3) is 5.91 Å². The summed E-state index contributed by atoms with van der Waals surface area (Å²) < 4.78 is 18.4. The van der Waals surface area contributed by atoms with Gasteiger partial charge in [0.2, 0.25) is 0 Å². The van der Waals surface area contributed by atoms with Crippen LogP contribution in [0.5, 0.6) is 0 Å². The third-order valence-corrected chi connectivity index (χ3v) is 4.16. The molecule has 1 amide bonds. The molecule has 0 unspecified atom stereocenters. The van der Waals surface area contributed by atoms with Crippen molar-refractivity contribution in [3.63, 3.8) is 0 Å². The number of aliphatic hydroxyl groups is 1. The zero-order valence-corrected chi connectivity index (χ0v) is 15.4. The van der Waals surface area contributed by atoms with Crippen molar-refractivity contribution in [1.29, 1.82) is 0 Å². The Morgan fingerprint density at radius 1 is 1.15 bits per heavy atom. The molecule has 0 bridgehead atoms. The number of amides is 1. The number of carbonyl (C=O) groups is 1. The summed E-state index contributed by atoms with van der Waals surface area (Å²) in [5, 5.41) is 14.9. The number of thiocarbonyl (C=S) groups is 1. The molecule has 8 heteroatoms. The zero-order valence-electron chi connectivity index (χ0n) is 13.8. The van der Waals surface area contributed by atoms with Gasteiger partial charge in [0.15, 0.2) is 5.11 Å². The lowest BCUT2D eigenvalue weighted by Crippen LogP contribution is -2.34. The lowest BCUT2D eigenvalue weighted by atomic mass is 10.1. The van der Waals surface area contributed by atoms with Crippen molar-refractivity contribution >= 4 is 40.5 Å². The summed E-state index contributed by atoms with van der Waals surface area (Å²) in [6.45, 7) is -0.195. The van der Waals surface area contributed by atoms with Crippen LogP contribution < -0.4 is 10.6 Å². The van der Waals surface area contributed by atoms with E-state index in [9.17, 15) is 9.18 Å². The summed E-state index contributed by atoms with van der Waals surface area (Å²) in [4.78, 5) is 12.1. The second kappa shape index (κ2) is 8.30. The van der Waals surface area contributed by atoms with Gasteiger partial charge >= 0.3 is 0 Å². The van der Waals surface area contributed by atoms with Crippen LogP contribution in [-0.2, 0) is 6.61 Å². The number of aliphatic hydroxyl groups excluding tert-OH is 1. The van der Waals surface area contributed by atoms with Crippen LogP contribution in [0, 0.1) is 5.82 Å². The first kappa shape index (κ1) is 19.0. The predicted molar refractivity (Wildman–Crippen MR) is 105 cm³/mol. The third kappa shape index (κ3) is 4.71. The van der Waals surface area contributed by atoms with Crippen molar-refractivity contribution in [2.75, 3.05) is 5.32 Å². The Kier molecular flexibility index (Phi) is 5.85. The number of anilines is 1. The predicted octanol–water partition coefficient (Wildman–Crippen LogP) is 4.36. The molecule has 0 saturated carbocycles. The Hall–Kier alpha value is -2.74. The van der Waals surface area contributed by atoms with Gasteiger partial charge in [0.05, 0.1) is 5.02 Å². The van der Waals surface area contributed by atoms with E-state index in [4.69, 9.17) is 33.3 Å². The molecule has 0 fully saturated rings. The van der Waals surface area contributed by atoms with E-state index in [1.54, 1.807) is 30.3 Å². The fourth-order valence-corrected chi connectivity index (χ4v) is 2.82.